The van der Waals surface area contributed by atoms with E-state index in [0.717, 1.165) is 149 Å². The fourth-order valence-corrected chi connectivity index (χ4v) is 21.2. The van der Waals surface area contributed by atoms with Crippen LogP contribution in [0.5, 0.6) is 18.0 Å². The zero-order valence-corrected chi connectivity index (χ0v) is 78.7. The van der Waals surface area contributed by atoms with Gasteiger partial charge in [0.15, 0.2) is 0 Å². The van der Waals surface area contributed by atoms with Crippen molar-refractivity contribution >= 4 is 84.6 Å². The van der Waals surface area contributed by atoms with Gasteiger partial charge < -0.3 is 92.4 Å². The van der Waals surface area contributed by atoms with Crippen LogP contribution in [0.1, 0.15) is 91.6 Å². The van der Waals surface area contributed by atoms with Crippen LogP contribution in [0.4, 0.5) is 34.5 Å². The van der Waals surface area contributed by atoms with Gasteiger partial charge in [0.1, 0.15) is 55.4 Å². The number of ether oxygens (including phenoxy) is 3. The van der Waals surface area contributed by atoms with Gasteiger partial charge in [0, 0.05) is 172 Å². The minimum atomic E-state index is -0.218. The molecule has 7 fully saturated rings. The largest absolute Gasteiger partial charge is 0.462 e. The Labute approximate surface area is 789 Å². The number of rotatable bonds is 25. The Kier molecular flexibility index (Phi) is 30.7. The van der Waals surface area contributed by atoms with Gasteiger partial charge in [-0.1, -0.05) is 134 Å². The SMILES string of the molecule is [C-]#[N+]C[C@H]1CN(c2nc(OC[C@@H]3CCCN3C)nc3c2CCN(c2cccc4ccccc24)C3)CCN1C(=O)/C=C/CN(C)C.[C-]#[N+]C[C@H]1CN(c2nc(OC[C@@H]3CCCN3C)nc3c2CCN(c2cccc4ccccc24)C3)CCN1C(=O)/C=C/CN1CCCCC1.[C-]#[N+]C[C@H]1CN(c2nc(OC[C@@H]3CCCN3C)nc3c2CCN(c2cccc4ccccc24)C3)CCN1C(=O)C=C. The molecule has 0 spiro atoms. The average molecular weight is 1810 g/mol. The maximum absolute atomic E-state index is 13.4. The highest BCUT2D eigenvalue weighted by molar-refractivity contribution is 5.97. The van der Waals surface area contributed by atoms with E-state index in [0.29, 0.717) is 141 Å². The van der Waals surface area contributed by atoms with Crippen molar-refractivity contribution in [3.8, 4) is 18.0 Å². The lowest BCUT2D eigenvalue weighted by molar-refractivity contribution is -0.129. The normalized spacial score (nSPS) is 21.4. The van der Waals surface area contributed by atoms with Crippen molar-refractivity contribution in [1.29, 1.82) is 0 Å². The zero-order chi connectivity index (χ0) is 92.6. The quantitative estimate of drug-likeness (QED) is 0.0384. The van der Waals surface area contributed by atoms with Gasteiger partial charge in [0.25, 0.3) is 0 Å². The maximum atomic E-state index is 13.4. The fraction of sp³-hybridized carbons (Fsp3) is 0.486. The first kappa shape index (κ1) is 93.3. The van der Waals surface area contributed by atoms with Crippen molar-refractivity contribution in [3.05, 3.63) is 232 Å². The van der Waals surface area contributed by atoms with E-state index in [1.54, 1.807) is 17.1 Å². The number of anilines is 6. The second-order valence-electron chi connectivity index (χ2n) is 37.6. The molecular formula is C105H129N23O6. The molecule has 700 valence electrons. The molecule has 10 aliphatic rings. The summed E-state index contributed by atoms with van der Waals surface area (Å²) in [7, 11) is 10.4. The van der Waals surface area contributed by atoms with Crippen LogP contribution in [-0.2, 0) is 53.3 Å². The number of carbonyl (C=O) groups excluding carboxylic acids is 3. The summed E-state index contributed by atoms with van der Waals surface area (Å²) in [6.45, 7) is 45.6. The number of piperazine rings is 3. The Hall–Kier alpha value is -12.6. The van der Waals surface area contributed by atoms with E-state index in [2.05, 4.69) is 219 Å². The third-order valence-corrected chi connectivity index (χ3v) is 28.7. The third kappa shape index (κ3) is 21.9. The molecule has 0 unspecified atom stereocenters. The highest BCUT2D eigenvalue weighted by atomic mass is 16.5. The van der Waals surface area contributed by atoms with Crippen molar-refractivity contribution in [2.75, 3.05) is 228 Å². The number of fused-ring (bicyclic) bond motifs is 6. The van der Waals surface area contributed by atoms with Gasteiger partial charge in [-0.25, -0.2) is 19.7 Å². The Balaban J connectivity index is 0.000000140. The van der Waals surface area contributed by atoms with E-state index in [4.69, 9.17) is 63.8 Å². The number of carbonyl (C=O) groups is 3. The summed E-state index contributed by atoms with van der Waals surface area (Å²) in [5, 5.41) is 7.39. The number of likely N-dealkylation sites (N-methyl/N-ethyl adjacent to an activating group) is 4. The topological polar surface area (TPSA) is 215 Å². The summed E-state index contributed by atoms with van der Waals surface area (Å²) >= 11 is 0. The minimum absolute atomic E-state index is 0.000427. The lowest BCUT2D eigenvalue weighted by atomic mass is 10.0. The first-order valence-corrected chi connectivity index (χ1v) is 48.4. The Morgan fingerprint density at radius 3 is 1.07 bits per heavy atom. The van der Waals surface area contributed by atoms with E-state index < -0.39 is 0 Å². The average Bonchev–Trinajstić information content (AvgIpc) is 0.800. The van der Waals surface area contributed by atoms with Crippen molar-refractivity contribution in [3.63, 3.8) is 0 Å². The van der Waals surface area contributed by atoms with Gasteiger partial charge in [-0.05, 0) is 179 Å². The molecule has 3 aromatic heterocycles. The van der Waals surface area contributed by atoms with Gasteiger partial charge in [-0.3, -0.25) is 19.3 Å². The summed E-state index contributed by atoms with van der Waals surface area (Å²) in [4.78, 5) is 111. The molecule has 6 aromatic carbocycles. The van der Waals surface area contributed by atoms with E-state index in [1.165, 1.54) is 94.0 Å². The molecule has 9 aromatic rings. The highest BCUT2D eigenvalue weighted by Gasteiger charge is 2.41. The van der Waals surface area contributed by atoms with Crippen molar-refractivity contribution in [2.24, 2.45) is 0 Å². The maximum Gasteiger partial charge on any atom is 0.318 e. The summed E-state index contributed by atoms with van der Waals surface area (Å²) < 4.78 is 19.0. The molecule has 0 radical (unpaired) electrons. The molecule has 0 saturated carbocycles. The summed E-state index contributed by atoms with van der Waals surface area (Å²) in [5.74, 6) is 2.50. The van der Waals surface area contributed by atoms with Crippen LogP contribution >= 0.6 is 0 Å². The number of amides is 3. The van der Waals surface area contributed by atoms with Crippen molar-refractivity contribution < 1.29 is 28.6 Å². The number of piperidine rings is 1. The fourth-order valence-electron chi connectivity index (χ4n) is 21.2. The number of hydrogen-bond acceptors (Lipinski definition) is 23. The summed E-state index contributed by atoms with van der Waals surface area (Å²) in [6.07, 6.45) is 21.7. The molecule has 0 aliphatic carbocycles. The smallest absolute Gasteiger partial charge is 0.318 e. The number of benzene rings is 6. The van der Waals surface area contributed by atoms with Gasteiger partial charge in [0.2, 0.25) is 37.4 Å². The molecule has 0 N–H and O–H groups in total. The second kappa shape index (κ2) is 44.1. The van der Waals surface area contributed by atoms with Crippen LogP contribution in [0.3, 0.4) is 0 Å². The lowest BCUT2D eigenvalue weighted by Crippen LogP contribution is -2.56. The van der Waals surface area contributed by atoms with Gasteiger partial charge in [0.05, 0.1) is 36.7 Å². The second-order valence-corrected chi connectivity index (χ2v) is 37.6. The molecule has 3 amide bonds. The number of likely N-dealkylation sites (tertiary alicyclic amines) is 4. The monoisotopic (exact) mass is 1810 g/mol. The van der Waals surface area contributed by atoms with E-state index in [-0.39, 0.29) is 55.5 Å². The third-order valence-electron chi connectivity index (χ3n) is 28.7. The van der Waals surface area contributed by atoms with Crippen LogP contribution in [0.25, 0.3) is 46.9 Å². The van der Waals surface area contributed by atoms with Crippen molar-refractivity contribution in [2.45, 2.75) is 133 Å². The summed E-state index contributed by atoms with van der Waals surface area (Å²) in [6, 6.07) is 46.7. The molecule has 19 rings (SSSR count). The van der Waals surface area contributed by atoms with Gasteiger partial charge in [-0.2, -0.15) is 29.9 Å². The zero-order valence-electron chi connectivity index (χ0n) is 78.7. The van der Waals surface area contributed by atoms with Crippen LogP contribution < -0.4 is 43.6 Å². The Morgan fingerprint density at radius 2 is 0.739 bits per heavy atom. The molecule has 13 heterocycles. The Morgan fingerprint density at radius 1 is 0.396 bits per heavy atom. The molecule has 29 nitrogen and oxygen atoms in total. The van der Waals surface area contributed by atoms with Crippen LogP contribution in [-0.4, -0.2) is 322 Å². The standard InChI is InChI=1S/C38H48N8O2.C35H44N8O2.C32H37N7O2/c1-39-25-31-26-45(23-24-46(31)36(47)16-10-21-43-19-6-3-7-20-43)37-33-17-22-44(35-15-8-12-29-11-4-5-14-32(29)35)27-34(33)40-38(41-37)48-28-30-13-9-18-42(30)2;1-36-22-28-23-42(20-21-43(28)33(44)15-9-17-39(2)3)34-30-16-19-41(32-14-7-11-26-10-5-6-13-29(26)32)24-31(30)37-35(38-34)45-25-27-12-8-18-40(27)4;1-4-30(40)39-18-17-38(20-25(39)19-33-2)31-27-14-16-37(29-13-7-10-23-9-5-6-12-26(23)29)21-28(27)34-32(35-31)41-22-24-11-8-15-36(24)3/h4-5,8,10-12,14-16,30-31H,3,6-7,9,13,17-28H2,2H3;5-7,9-11,13-15,27-28H,8,12,16-25H2,2-4H3;4-7,9-10,12-13,24-25H,1,8,11,14-22H2,3H3/b16-10+;15-9+;/t30-,31-;27-,28-;24-,25-/m000/s1. The van der Waals surface area contributed by atoms with Crippen LogP contribution in [0.15, 0.2) is 164 Å². The van der Waals surface area contributed by atoms with Crippen LogP contribution in [0.2, 0.25) is 0 Å². The number of hydrogen-bond donors (Lipinski definition) is 0. The minimum Gasteiger partial charge on any atom is -0.462 e. The first-order chi connectivity index (χ1) is 65.5. The predicted molar refractivity (Wildman–Crippen MR) is 531 cm³/mol. The number of nitrogens with zero attached hydrogens (tertiary/aromatic N) is 23. The molecule has 7 saturated heterocycles. The van der Waals surface area contributed by atoms with E-state index >= 15 is 0 Å². The Bertz CT molecular complexity index is 5830. The lowest BCUT2D eigenvalue weighted by Gasteiger charge is -2.41. The molecular weight excluding hydrogens is 1680 g/mol. The molecule has 134 heavy (non-hydrogen) atoms. The predicted octanol–water partition coefficient (Wildman–Crippen LogP) is 12.2. The van der Waals surface area contributed by atoms with E-state index in [9.17, 15) is 14.4 Å². The van der Waals surface area contributed by atoms with Crippen LogP contribution in [0, 0.1) is 19.7 Å². The molecule has 0 bridgehead atoms. The molecule has 10 aliphatic heterocycles. The molecule has 6 atom stereocenters. The van der Waals surface area contributed by atoms with E-state index in [1.807, 2.05) is 40.9 Å². The van der Waals surface area contributed by atoms with Gasteiger partial charge >= 0.3 is 18.0 Å². The van der Waals surface area contributed by atoms with Crippen molar-refractivity contribution in [1.82, 2.24) is 69.1 Å². The highest BCUT2D eigenvalue weighted by Crippen LogP contribution is 2.41. The number of aromatic nitrogens is 6. The molecule has 29 heteroatoms. The van der Waals surface area contributed by atoms with Gasteiger partial charge in [-0.15, -0.1) is 0 Å². The summed E-state index contributed by atoms with van der Waals surface area (Å²) in [5.41, 5.74) is 10.0. The first-order valence-electron chi connectivity index (χ1n) is 48.4.